The molecule has 13 heteroatoms. The Morgan fingerprint density at radius 3 is 2.33 bits per heavy atom. The molecular formula is C26H29ClF3NO7S. The number of carbonyl (C=O) groups is 1. The molecule has 2 aliphatic carbocycles. The molecule has 2 bridgehead atoms. The molecule has 0 spiro atoms. The molecule has 0 radical (unpaired) electrons. The van der Waals surface area contributed by atoms with Crippen molar-refractivity contribution in [1.82, 2.24) is 0 Å². The molecule has 3 atom stereocenters. The Labute approximate surface area is 229 Å². The fourth-order valence-corrected chi connectivity index (χ4v) is 7.97. The van der Waals surface area contributed by atoms with E-state index in [0.29, 0.717) is 25.0 Å². The third-order valence-corrected chi connectivity index (χ3v) is 10.2. The molecule has 1 amide bonds. The number of anilines is 1. The van der Waals surface area contributed by atoms with Crippen LogP contribution in [0.25, 0.3) is 0 Å². The fourth-order valence-electron chi connectivity index (χ4n) is 5.57. The van der Waals surface area contributed by atoms with E-state index in [1.807, 2.05) is 0 Å². The fraction of sp³-hybridized carbons (Fsp3) is 0.500. The second-order valence-corrected chi connectivity index (χ2v) is 12.7. The molecule has 2 aromatic rings. The van der Waals surface area contributed by atoms with Gasteiger partial charge in [0, 0.05) is 30.5 Å². The number of ether oxygens (including phenoxy) is 2. The molecule has 0 heterocycles. The third-order valence-electron chi connectivity index (χ3n) is 7.56. The number of aliphatic hydroxyl groups excluding tert-OH is 1. The van der Waals surface area contributed by atoms with Crippen LogP contribution in [0.15, 0.2) is 35.2 Å². The van der Waals surface area contributed by atoms with Crippen LogP contribution >= 0.6 is 11.6 Å². The summed E-state index contributed by atoms with van der Waals surface area (Å²) in [5.74, 6) is -6.26. The number of amides is 1. The quantitative estimate of drug-likeness (QED) is 0.360. The van der Waals surface area contributed by atoms with E-state index >= 15 is 0 Å². The zero-order valence-corrected chi connectivity index (χ0v) is 22.6. The van der Waals surface area contributed by atoms with Gasteiger partial charge in [-0.3, -0.25) is 4.79 Å². The van der Waals surface area contributed by atoms with Gasteiger partial charge in [-0.15, -0.1) is 0 Å². The van der Waals surface area contributed by atoms with Crippen LogP contribution in [-0.2, 0) is 19.3 Å². The van der Waals surface area contributed by atoms with Gasteiger partial charge in [-0.1, -0.05) is 11.6 Å². The Bertz CT molecular complexity index is 1310. The SMILES string of the molecule is COC[C@@H](O)COCC1(O)C2CCC1CC(S(=O)(=O)c1cc(C(=O)Nc3cc(F)c(F)c(F)c3)ccc1Cl)C2. The van der Waals surface area contributed by atoms with E-state index < -0.39 is 50.2 Å². The van der Waals surface area contributed by atoms with Gasteiger partial charge in [-0.25, -0.2) is 21.6 Å². The average Bonchev–Trinajstić information content (AvgIpc) is 3.03. The third kappa shape index (κ3) is 6.10. The molecule has 214 valence electrons. The molecule has 8 nitrogen and oxygen atoms in total. The van der Waals surface area contributed by atoms with Crippen LogP contribution in [0, 0.1) is 29.3 Å². The number of hydrogen-bond donors (Lipinski definition) is 3. The Balaban J connectivity index is 1.49. The molecule has 39 heavy (non-hydrogen) atoms. The minimum absolute atomic E-state index is 0.0288. The van der Waals surface area contributed by atoms with Crippen LogP contribution in [0.5, 0.6) is 0 Å². The summed E-state index contributed by atoms with van der Waals surface area (Å²) in [5.41, 5.74) is -1.72. The van der Waals surface area contributed by atoms with Gasteiger partial charge < -0.3 is 25.0 Å². The number of benzene rings is 2. The van der Waals surface area contributed by atoms with Gasteiger partial charge in [-0.2, -0.15) is 0 Å². The summed E-state index contributed by atoms with van der Waals surface area (Å²) in [6.07, 6.45) is 0.678. The monoisotopic (exact) mass is 591 g/mol. The number of methoxy groups -OCH3 is 1. The highest BCUT2D eigenvalue weighted by atomic mass is 35.5. The number of fused-ring (bicyclic) bond motifs is 2. The lowest BCUT2D eigenvalue weighted by Gasteiger charge is -2.42. The molecule has 2 aromatic carbocycles. The largest absolute Gasteiger partial charge is 0.388 e. The van der Waals surface area contributed by atoms with Crippen LogP contribution in [0.1, 0.15) is 36.0 Å². The van der Waals surface area contributed by atoms with E-state index in [0.717, 1.165) is 6.07 Å². The van der Waals surface area contributed by atoms with E-state index in [4.69, 9.17) is 21.1 Å². The normalized spacial score (nSPS) is 25.5. The average molecular weight is 592 g/mol. The zero-order valence-electron chi connectivity index (χ0n) is 21.0. The Kier molecular flexibility index (Phi) is 8.94. The lowest BCUT2D eigenvalue weighted by Crippen LogP contribution is -2.51. The van der Waals surface area contributed by atoms with E-state index in [-0.39, 0.29) is 65.7 Å². The van der Waals surface area contributed by atoms with Crippen LogP contribution in [-0.4, -0.2) is 68.4 Å². The van der Waals surface area contributed by atoms with Crippen LogP contribution in [0.4, 0.5) is 18.9 Å². The van der Waals surface area contributed by atoms with Crippen molar-refractivity contribution in [3.05, 3.63) is 58.4 Å². The van der Waals surface area contributed by atoms with Crippen LogP contribution in [0.2, 0.25) is 5.02 Å². The van der Waals surface area contributed by atoms with Gasteiger partial charge in [-0.05, 0) is 55.7 Å². The predicted octanol–water partition coefficient (Wildman–Crippen LogP) is 3.73. The number of aliphatic hydroxyl groups is 2. The summed E-state index contributed by atoms with van der Waals surface area (Å²) in [6, 6.07) is 4.79. The highest BCUT2D eigenvalue weighted by molar-refractivity contribution is 7.92. The summed E-state index contributed by atoms with van der Waals surface area (Å²) < 4.78 is 78.0. The Morgan fingerprint density at radius 2 is 1.74 bits per heavy atom. The predicted molar refractivity (Wildman–Crippen MR) is 136 cm³/mol. The number of hydrogen-bond acceptors (Lipinski definition) is 7. The first-order valence-electron chi connectivity index (χ1n) is 12.3. The molecule has 2 aliphatic rings. The number of rotatable bonds is 10. The number of nitrogens with one attached hydrogen (secondary N) is 1. The summed E-state index contributed by atoms with van der Waals surface area (Å²) in [6.45, 7) is 0.0109. The molecule has 2 unspecified atom stereocenters. The number of carbonyl (C=O) groups excluding carboxylic acids is 1. The topological polar surface area (TPSA) is 122 Å². The number of sulfone groups is 1. The molecule has 0 saturated heterocycles. The van der Waals surface area contributed by atoms with Crippen LogP contribution < -0.4 is 5.32 Å². The number of halogens is 4. The first kappa shape index (κ1) is 29.8. The smallest absolute Gasteiger partial charge is 0.255 e. The van der Waals surface area contributed by atoms with Crippen molar-refractivity contribution in [3.63, 3.8) is 0 Å². The maximum absolute atomic E-state index is 13.7. The van der Waals surface area contributed by atoms with E-state index in [9.17, 15) is 36.6 Å². The molecule has 3 N–H and O–H groups in total. The maximum atomic E-state index is 13.7. The van der Waals surface area contributed by atoms with Crippen LogP contribution in [0.3, 0.4) is 0 Å². The van der Waals surface area contributed by atoms with E-state index in [1.54, 1.807) is 0 Å². The highest BCUT2D eigenvalue weighted by Crippen LogP contribution is 2.52. The van der Waals surface area contributed by atoms with E-state index in [2.05, 4.69) is 5.32 Å². The van der Waals surface area contributed by atoms with Crippen molar-refractivity contribution >= 4 is 33.0 Å². The first-order valence-corrected chi connectivity index (χ1v) is 14.3. The second-order valence-electron chi connectivity index (χ2n) is 10.1. The summed E-state index contributed by atoms with van der Waals surface area (Å²) in [7, 11) is -2.60. The van der Waals surface area contributed by atoms with Gasteiger partial charge in [0.25, 0.3) is 5.91 Å². The maximum Gasteiger partial charge on any atom is 0.255 e. The van der Waals surface area contributed by atoms with Crippen molar-refractivity contribution in [2.75, 3.05) is 32.2 Å². The van der Waals surface area contributed by atoms with Gasteiger partial charge in [0.1, 0.15) is 6.10 Å². The lowest BCUT2D eigenvalue weighted by atomic mass is 9.75. The van der Waals surface area contributed by atoms with Crippen molar-refractivity contribution in [1.29, 1.82) is 0 Å². The van der Waals surface area contributed by atoms with Crippen molar-refractivity contribution < 1.29 is 46.1 Å². The highest BCUT2D eigenvalue weighted by Gasteiger charge is 2.56. The Hall–Kier alpha value is -2.22. The summed E-state index contributed by atoms with van der Waals surface area (Å²) >= 11 is 6.24. The van der Waals surface area contributed by atoms with Gasteiger partial charge in [0.15, 0.2) is 27.3 Å². The zero-order chi connectivity index (χ0) is 28.5. The van der Waals surface area contributed by atoms with Crippen molar-refractivity contribution in [3.8, 4) is 0 Å². The molecule has 2 fully saturated rings. The molecule has 0 aromatic heterocycles. The minimum atomic E-state index is -4.05. The summed E-state index contributed by atoms with van der Waals surface area (Å²) in [5, 5.41) is 22.4. The van der Waals surface area contributed by atoms with Gasteiger partial charge >= 0.3 is 0 Å². The second kappa shape index (κ2) is 11.7. The van der Waals surface area contributed by atoms with Crippen molar-refractivity contribution in [2.24, 2.45) is 11.8 Å². The van der Waals surface area contributed by atoms with E-state index in [1.165, 1.54) is 19.2 Å². The molecule has 0 aliphatic heterocycles. The Morgan fingerprint density at radius 1 is 1.13 bits per heavy atom. The van der Waals surface area contributed by atoms with Crippen molar-refractivity contribution in [2.45, 2.75) is 47.5 Å². The molecule has 2 saturated carbocycles. The summed E-state index contributed by atoms with van der Waals surface area (Å²) in [4.78, 5) is 12.4. The van der Waals surface area contributed by atoms with Gasteiger partial charge in [0.2, 0.25) is 0 Å². The van der Waals surface area contributed by atoms with Gasteiger partial charge in [0.05, 0.1) is 40.6 Å². The lowest BCUT2D eigenvalue weighted by molar-refractivity contribution is -0.125. The first-order chi connectivity index (χ1) is 18.4. The molecular weight excluding hydrogens is 563 g/mol. The standard InChI is InChI=1S/C26H29ClF3NO7S/c1-37-11-18(32)12-38-13-26(34)15-3-4-16(26)8-19(7-15)39(35,36)23-6-14(2-5-20(23)27)25(33)31-17-9-21(28)24(30)22(29)10-17/h2,5-6,9-10,15-16,18-19,32,34H,3-4,7-8,11-13H2,1H3,(H,31,33)/t15?,16?,18-,19?,26?/m1/s1. The minimum Gasteiger partial charge on any atom is -0.388 e. The molecule has 4 rings (SSSR count).